The van der Waals surface area contributed by atoms with Gasteiger partial charge in [0.25, 0.3) is 5.91 Å². The molecule has 2 fully saturated rings. The van der Waals surface area contributed by atoms with Crippen molar-refractivity contribution in [2.24, 2.45) is 0 Å². The Hall–Kier alpha value is -3.66. The molecule has 2 aliphatic rings. The van der Waals surface area contributed by atoms with Gasteiger partial charge in [0.1, 0.15) is 5.60 Å². The molecule has 1 saturated heterocycles. The van der Waals surface area contributed by atoms with Crippen LogP contribution in [0.1, 0.15) is 97.0 Å². The van der Waals surface area contributed by atoms with Crippen LogP contribution in [0.15, 0.2) is 30.5 Å². The van der Waals surface area contributed by atoms with E-state index in [1.807, 2.05) is 53.8 Å². The molecule has 2 aromatic rings. The van der Waals surface area contributed by atoms with Crippen molar-refractivity contribution in [1.29, 1.82) is 0 Å². The lowest BCUT2D eigenvalue weighted by Gasteiger charge is -2.41. The van der Waals surface area contributed by atoms with Gasteiger partial charge >= 0.3 is 12.1 Å². The normalized spacial score (nSPS) is 18.3. The number of aryl methyl sites for hydroxylation is 1. The molecule has 4 rings (SSSR count). The number of ether oxygens (including phenoxy) is 2. The van der Waals surface area contributed by atoms with E-state index in [4.69, 9.17) is 14.5 Å². The fraction of sp³-hybridized carbons (Fsp3) is 0.562. The van der Waals surface area contributed by atoms with Crippen molar-refractivity contribution in [2.45, 2.75) is 78.0 Å². The fourth-order valence-electron chi connectivity index (χ4n) is 5.33. The number of benzene rings is 1. The van der Waals surface area contributed by atoms with Crippen LogP contribution in [0.3, 0.4) is 0 Å². The van der Waals surface area contributed by atoms with Crippen molar-refractivity contribution >= 4 is 23.7 Å². The number of nitrogens with one attached hydrogen (secondary N) is 2. The third kappa shape index (κ3) is 7.79. The summed E-state index contributed by atoms with van der Waals surface area (Å²) in [6.45, 7) is 14.3. The van der Waals surface area contributed by atoms with Gasteiger partial charge in [0.2, 0.25) is 0 Å². The largest absolute Gasteiger partial charge is 0.465 e. The highest BCUT2D eigenvalue weighted by molar-refractivity contribution is 6.03. The van der Waals surface area contributed by atoms with Gasteiger partial charge in [0, 0.05) is 50.6 Å². The first kappa shape index (κ1) is 31.3. The maximum absolute atomic E-state index is 13.1. The van der Waals surface area contributed by atoms with Crippen molar-refractivity contribution in [3.63, 3.8) is 0 Å². The van der Waals surface area contributed by atoms with Gasteiger partial charge in [-0.1, -0.05) is 6.07 Å². The van der Waals surface area contributed by atoms with Gasteiger partial charge in [-0.25, -0.2) is 9.59 Å². The standard InChI is InChI=1S/C32H45N5O5/c1-8-33-29(38)25-16-24(30(39)41-7)20(2)15-27(25)35-28(26-12-11-23(17-34-26)22-9-10-22)19-36-13-14-37(21(3)18-36)31(40)42-32(4,5)6/h11-12,15-17,21-22,28,35H,8-10,13-14,18-19H2,1-7H3,(H,33,38)/t21-,28?/m1/s1. The van der Waals surface area contributed by atoms with Gasteiger partial charge in [-0.15, -0.1) is 0 Å². The highest BCUT2D eigenvalue weighted by Gasteiger charge is 2.33. The van der Waals surface area contributed by atoms with E-state index in [2.05, 4.69) is 27.7 Å². The van der Waals surface area contributed by atoms with Crippen molar-refractivity contribution in [3.05, 3.63) is 58.4 Å². The highest BCUT2D eigenvalue weighted by Crippen LogP contribution is 2.40. The predicted molar refractivity (Wildman–Crippen MR) is 162 cm³/mol. The number of anilines is 1. The van der Waals surface area contributed by atoms with E-state index < -0.39 is 11.6 Å². The van der Waals surface area contributed by atoms with Crippen LogP contribution in [0.4, 0.5) is 10.5 Å². The van der Waals surface area contributed by atoms with Crippen LogP contribution in [0, 0.1) is 6.92 Å². The third-order valence-corrected chi connectivity index (χ3v) is 7.68. The molecule has 42 heavy (non-hydrogen) atoms. The number of amides is 2. The number of pyridine rings is 1. The van der Waals surface area contributed by atoms with Crippen molar-refractivity contribution < 1.29 is 23.9 Å². The van der Waals surface area contributed by atoms with Crippen LogP contribution in [0.2, 0.25) is 0 Å². The van der Waals surface area contributed by atoms with Crippen molar-refractivity contribution in [3.8, 4) is 0 Å². The third-order valence-electron chi connectivity index (χ3n) is 7.68. The number of rotatable bonds is 9. The van der Waals surface area contributed by atoms with Crippen molar-refractivity contribution in [2.75, 3.05) is 45.2 Å². The minimum atomic E-state index is -0.551. The summed E-state index contributed by atoms with van der Waals surface area (Å²) in [7, 11) is 1.33. The first-order valence-electron chi connectivity index (χ1n) is 14.9. The Labute approximate surface area is 249 Å². The fourth-order valence-corrected chi connectivity index (χ4v) is 5.33. The molecule has 0 spiro atoms. The van der Waals surface area contributed by atoms with Gasteiger partial charge in [0.05, 0.1) is 30.0 Å². The number of esters is 1. The smallest absolute Gasteiger partial charge is 0.410 e. The first-order chi connectivity index (χ1) is 19.9. The molecule has 2 heterocycles. The molecule has 2 amide bonds. The summed E-state index contributed by atoms with van der Waals surface area (Å²) in [5.74, 6) is -0.173. The van der Waals surface area contributed by atoms with Crippen molar-refractivity contribution in [1.82, 2.24) is 20.1 Å². The topological polar surface area (TPSA) is 113 Å². The van der Waals surface area contributed by atoms with Crippen LogP contribution in [0.5, 0.6) is 0 Å². The number of aromatic nitrogens is 1. The van der Waals surface area contributed by atoms with E-state index in [1.54, 1.807) is 11.0 Å². The molecule has 0 bridgehead atoms. The van der Waals surface area contributed by atoms with Crippen LogP contribution < -0.4 is 10.6 Å². The number of hydrogen-bond acceptors (Lipinski definition) is 8. The lowest BCUT2D eigenvalue weighted by Crippen LogP contribution is -2.55. The summed E-state index contributed by atoms with van der Waals surface area (Å²) in [5.41, 5.74) is 3.59. The molecule has 0 radical (unpaired) electrons. The van der Waals surface area contributed by atoms with E-state index in [9.17, 15) is 14.4 Å². The molecular formula is C32H45N5O5. The molecule has 1 aromatic carbocycles. The van der Waals surface area contributed by atoms with Gasteiger partial charge in [-0.05, 0) is 89.6 Å². The second kappa shape index (κ2) is 13.1. The zero-order valence-electron chi connectivity index (χ0n) is 26.0. The first-order valence-corrected chi connectivity index (χ1v) is 14.9. The molecule has 10 heteroatoms. The van der Waals surface area contributed by atoms with E-state index in [0.717, 1.165) is 5.69 Å². The number of carbonyl (C=O) groups is 3. The quantitative estimate of drug-likeness (QED) is 0.404. The van der Waals surface area contributed by atoms with Crippen LogP contribution >= 0.6 is 0 Å². The summed E-state index contributed by atoms with van der Waals surface area (Å²) < 4.78 is 10.6. The molecule has 10 nitrogen and oxygen atoms in total. The second-order valence-electron chi connectivity index (χ2n) is 12.3. The molecule has 2 atom stereocenters. The van der Waals surface area contributed by atoms with E-state index in [0.29, 0.717) is 61.0 Å². The Morgan fingerprint density at radius 3 is 2.43 bits per heavy atom. The minimum absolute atomic E-state index is 0.0353. The summed E-state index contributed by atoms with van der Waals surface area (Å²) in [6.07, 6.45) is 4.06. The van der Waals surface area contributed by atoms with E-state index in [-0.39, 0.29) is 24.1 Å². The van der Waals surface area contributed by atoms with E-state index >= 15 is 0 Å². The second-order valence-corrected chi connectivity index (χ2v) is 12.3. The molecule has 1 unspecified atom stereocenters. The highest BCUT2D eigenvalue weighted by atomic mass is 16.6. The average molecular weight is 580 g/mol. The number of hydrogen-bond donors (Lipinski definition) is 2. The number of methoxy groups -OCH3 is 1. The van der Waals surface area contributed by atoms with Gasteiger partial charge in [-0.2, -0.15) is 0 Å². The number of carbonyl (C=O) groups excluding carboxylic acids is 3. The Morgan fingerprint density at radius 1 is 1.12 bits per heavy atom. The summed E-state index contributed by atoms with van der Waals surface area (Å²) in [4.78, 5) is 47.3. The van der Waals surface area contributed by atoms with Crippen LogP contribution in [-0.2, 0) is 9.47 Å². The Morgan fingerprint density at radius 2 is 1.86 bits per heavy atom. The van der Waals surface area contributed by atoms with Gasteiger partial charge in [0.15, 0.2) is 0 Å². The Balaban J connectivity index is 1.61. The van der Waals surface area contributed by atoms with E-state index in [1.165, 1.54) is 25.5 Å². The maximum atomic E-state index is 13.1. The van der Waals surface area contributed by atoms with Crippen LogP contribution in [0.25, 0.3) is 0 Å². The summed E-state index contributed by atoms with van der Waals surface area (Å²) in [6, 6.07) is 7.34. The lowest BCUT2D eigenvalue weighted by molar-refractivity contribution is 0.00104. The summed E-state index contributed by atoms with van der Waals surface area (Å²) in [5, 5.41) is 6.46. The van der Waals surface area contributed by atoms with Gasteiger partial charge < -0.3 is 25.0 Å². The molecule has 1 aliphatic heterocycles. The molecule has 228 valence electrons. The number of nitrogens with zero attached hydrogens (tertiary/aromatic N) is 3. The Bertz CT molecular complexity index is 1290. The average Bonchev–Trinajstić information content (AvgIpc) is 3.77. The predicted octanol–water partition coefficient (Wildman–Crippen LogP) is 4.90. The molecular weight excluding hydrogens is 534 g/mol. The maximum Gasteiger partial charge on any atom is 0.410 e. The number of piperazine rings is 1. The minimum Gasteiger partial charge on any atom is -0.465 e. The monoisotopic (exact) mass is 579 g/mol. The Kier molecular flexibility index (Phi) is 9.76. The molecule has 1 aliphatic carbocycles. The lowest BCUT2D eigenvalue weighted by atomic mass is 10.0. The summed E-state index contributed by atoms with van der Waals surface area (Å²) >= 11 is 0. The van der Waals surface area contributed by atoms with Crippen LogP contribution in [-0.4, -0.2) is 84.2 Å². The SMILES string of the molecule is CCNC(=O)c1cc(C(=O)OC)c(C)cc1NC(CN1CCN(C(=O)OC(C)(C)C)[C@H](C)C1)c1ccc(C2CC2)cn1. The zero-order chi connectivity index (χ0) is 30.6. The zero-order valence-corrected chi connectivity index (χ0v) is 26.0. The van der Waals surface area contributed by atoms with Gasteiger partial charge in [-0.3, -0.25) is 14.7 Å². The molecule has 2 N–H and O–H groups in total. The molecule has 1 saturated carbocycles. The molecule has 1 aromatic heterocycles.